The van der Waals surface area contributed by atoms with Gasteiger partial charge in [-0.3, -0.25) is 0 Å². The first-order valence-electron chi connectivity index (χ1n) is 8.64. The van der Waals surface area contributed by atoms with Crippen molar-refractivity contribution in [3.05, 3.63) is 53.5 Å². The number of aryl methyl sites for hydroxylation is 1. The Morgan fingerprint density at radius 1 is 1.19 bits per heavy atom. The van der Waals surface area contributed by atoms with Crippen LogP contribution in [0.3, 0.4) is 0 Å². The molecule has 1 aliphatic heterocycles. The third-order valence-electron chi connectivity index (χ3n) is 4.66. The van der Waals surface area contributed by atoms with Crippen LogP contribution in [0, 0.1) is 0 Å². The molecule has 1 saturated heterocycles. The minimum absolute atomic E-state index is 0.0142. The van der Waals surface area contributed by atoms with Crippen LogP contribution in [-0.4, -0.2) is 40.8 Å². The molecule has 0 spiro atoms. The highest BCUT2D eigenvalue weighted by molar-refractivity contribution is 7.91. The topological polar surface area (TPSA) is 68.1 Å². The number of hydrogen-bond acceptors (Lipinski definition) is 5. The molecule has 0 aliphatic carbocycles. The van der Waals surface area contributed by atoms with Crippen LogP contribution in [0.5, 0.6) is 0 Å². The van der Waals surface area contributed by atoms with Crippen LogP contribution in [0.25, 0.3) is 11.3 Å². The van der Waals surface area contributed by atoms with Crippen molar-refractivity contribution in [2.75, 3.05) is 13.1 Å². The number of rotatable bonds is 5. The molecule has 1 fully saturated rings. The average molecular weight is 389 g/mol. The van der Waals surface area contributed by atoms with Gasteiger partial charge in [0, 0.05) is 23.5 Å². The van der Waals surface area contributed by atoms with E-state index in [9.17, 15) is 8.42 Å². The quantitative estimate of drug-likeness (QED) is 0.673. The predicted octanol–water partition coefficient (Wildman–Crippen LogP) is 3.20. The third-order valence-corrected chi connectivity index (χ3v) is 8.22. The maximum absolute atomic E-state index is 12.9. The molecule has 3 heterocycles. The highest BCUT2D eigenvalue weighted by Crippen LogP contribution is 2.31. The van der Waals surface area contributed by atoms with E-state index in [-0.39, 0.29) is 6.04 Å². The fourth-order valence-corrected chi connectivity index (χ4v) is 6.10. The zero-order valence-corrected chi connectivity index (χ0v) is 16.1. The Kier molecular flexibility index (Phi) is 4.64. The third kappa shape index (κ3) is 3.20. The second-order valence-electron chi connectivity index (χ2n) is 6.33. The Hall–Kier alpha value is -2.03. The summed E-state index contributed by atoms with van der Waals surface area (Å²) in [5.74, 6) is 0. The van der Waals surface area contributed by atoms with Gasteiger partial charge in [-0.25, -0.2) is 13.1 Å². The summed E-state index contributed by atoms with van der Waals surface area (Å²) in [6, 6.07) is 13.5. The van der Waals surface area contributed by atoms with Gasteiger partial charge in [0.1, 0.15) is 9.90 Å². The van der Waals surface area contributed by atoms with Crippen molar-refractivity contribution < 1.29 is 8.42 Å². The maximum Gasteiger partial charge on any atom is 0.252 e. The lowest BCUT2D eigenvalue weighted by Crippen LogP contribution is -2.28. The molecule has 26 heavy (non-hydrogen) atoms. The fourth-order valence-electron chi connectivity index (χ4n) is 3.16. The van der Waals surface area contributed by atoms with Gasteiger partial charge < -0.3 is 0 Å². The van der Waals surface area contributed by atoms with Gasteiger partial charge in [-0.15, -0.1) is 16.4 Å². The fraction of sp³-hybridized carbons (Fsp3) is 0.333. The van der Waals surface area contributed by atoms with Gasteiger partial charge in [0.2, 0.25) is 0 Å². The van der Waals surface area contributed by atoms with E-state index >= 15 is 0 Å². The minimum Gasteiger partial charge on any atom is -0.247 e. The Morgan fingerprint density at radius 2 is 2.00 bits per heavy atom. The van der Waals surface area contributed by atoms with Crippen LogP contribution in [0.15, 0.2) is 52.9 Å². The summed E-state index contributed by atoms with van der Waals surface area (Å²) in [7, 11) is -3.42. The van der Waals surface area contributed by atoms with E-state index < -0.39 is 10.0 Å². The molecule has 3 aromatic rings. The zero-order chi connectivity index (χ0) is 18.1. The van der Waals surface area contributed by atoms with Crippen LogP contribution in [0.1, 0.15) is 24.3 Å². The molecule has 0 saturated carbocycles. The van der Waals surface area contributed by atoms with Gasteiger partial charge in [0.05, 0.1) is 12.2 Å². The average Bonchev–Trinajstić information content (AvgIpc) is 3.42. The zero-order valence-electron chi connectivity index (χ0n) is 14.4. The van der Waals surface area contributed by atoms with E-state index in [2.05, 4.69) is 10.3 Å². The lowest BCUT2D eigenvalue weighted by molar-refractivity contribution is 0.429. The Balaban J connectivity index is 1.51. The van der Waals surface area contributed by atoms with Gasteiger partial charge in [-0.1, -0.05) is 42.5 Å². The van der Waals surface area contributed by atoms with Crippen molar-refractivity contribution in [3.8, 4) is 11.3 Å². The van der Waals surface area contributed by atoms with Crippen molar-refractivity contribution in [3.63, 3.8) is 0 Å². The predicted molar refractivity (Wildman–Crippen MR) is 102 cm³/mol. The Labute approximate surface area is 157 Å². The molecule has 0 radical (unpaired) electrons. The van der Waals surface area contributed by atoms with Crippen LogP contribution < -0.4 is 0 Å². The van der Waals surface area contributed by atoms with Gasteiger partial charge in [0.15, 0.2) is 0 Å². The van der Waals surface area contributed by atoms with Crippen LogP contribution in [0.4, 0.5) is 0 Å². The molecule has 2 aromatic heterocycles. The van der Waals surface area contributed by atoms with E-state index in [1.54, 1.807) is 15.1 Å². The van der Waals surface area contributed by atoms with Crippen LogP contribution in [0.2, 0.25) is 0 Å². The Bertz CT molecular complexity index is 995. The highest BCUT2D eigenvalue weighted by Gasteiger charge is 2.34. The number of hydrogen-bond donors (Lipinski definition) is 0. The first-order chi connectivity index (χ1) is 12.6. The number of benzene rings is 1. The summed E-state index contributed by atoms with van der Waals surface area (Å²) in [5, 5.41) is 8.47. The molecule has 0 N–H and O–H groups in total. The Morgan fingerprint density at radius 3 is 2.73 bits per heavy atom. The van der Waals surface area contributed by atoms with Crippen molar-refractivity contribution >= 4 is 21.4 Å². The first-order valence-corrected chi connectivity index (χ1v) is 10.9. The number of sulfonamides is 1. The molecule has 0 amide bonds. The lowest BCUT2D eigenvalue weighted by Gasteiger charge is -2.15. The van der Waals surface area contributed by atoms with Gasteiger partial charge in [-0.2, -0.15) is 4.31 Å². The molecule has 1 unspecified atom stereocenters. The number of nitrogens with zero attached hydrogens (tertiary/aromatic N) is 4. The molecule has 1 aliphatic rings. The summed E-state index contributed by atoms with van der Waals surface area (Å²) in [5.41, 5.74) is 1.81. The molecule has 4 rings (SSSR count). The van der Waals surface area contributed by atoms with Gasteiger partial charge in [0.25, 0.3) is 10.0 Å². The van der Waals surface area contributed by atoms with Crippen molar-refractivity contribution in [2.24, 2.45) is 0 Å². The van der Waals surface area contributed by atoms with E-state index in [0.717, 1.165) is 29.0 Å². The molecule has 8 heteroatoms. The summed E-state index contributed by atoms with van der Waals surface area (Å²) < 4.78 is 29.5. The molecule has 136 valence electrons. The van der Waals surface area contributed by atoms with Crippen molar-refractivity contribution in [2.45, 2.75) is 30.0 Å². The van der Waals surface area contributed by atoms with Crippen molar-refractivity contribution in [1.82, 2.24) is 19.3 Å². The smallest absolute Gasteiger partial charge is 0.247 e. The molecule has 6 nitrogen and oxygen atoms in total. The SMILES string of the molecule is CCc1ccc(S(=O)(=O)N2CCC(n3cc(-c4ccccc4)nn3)C2)s1. The van der Waals surface area contributed by atoms with Gasteiger partial charge in [-0.05, 0) is 25.0 Å². The summed E-state index contributed by atoms with van der Waals surface area (Å²) >= 11 is 1.36. The first kappa shape index (κ1) is 17.4. The second-order valence-corrected chi connectivity index (χ2v) is 9.66. The molecule has 1 aromatic carbocycles. The van der Waals surface area contributed by atoms with Crippen molar-refractivity contribution in [1.29, 1.82) is 0 Å². The summed E-state index contributed by atoms with van der Waals surface area (Å²) in [6.07, 6.45) is 3.49. The number of thiophene rings is 1. The van der Waals surface area contributed by atoms with Crippen LogP contribution in [-0.2, 0) is 16.4 Å². The molecule has 1 atom stereocenters. The highest BCUT2D eigenvalue weighted by atomic mass is 32.2. The van der Waals surface area contributed by atoms with Crippen LogP contribution >= 0.6 is 11.3 Å². The van der Waals surface area contributed by atoms with E-state index in [1.165, 1.54) is 11.3 Å². The van der Waals surface area contributed by atoms with E-state index in [1.807, 2.05) is 49.5 Å². The lowest BCUT2D eigenvalue weighted by atomic mass is 10.2. The van der Waals surface area contributed by atoms with E-state index in [0.29, 0.717) is 17.3 Å². The standard InChI is InChI=1S/C18H20N4O2S2/c1-2-16-8-9-18(25-16)26(23,24)21-11-10-15(12-21)22-13-17(19-20-22)14-6-4-3-5-7-14/h3-9,13,15H,2,10-12H2,1H3. The molecular formula is C18H20N4O2S2. The normalized spacial score (nSPS) is 18.4. The maximum atomic E-state index is 12.9. The monoisotopic (exact) mass is 388 g/mol. The summed E-state index contributed by atoms with van der Waals surface area (Å²) in [6.45, 7) is 2.97. The van der Waals surface area contributed by atoms with E-state index in [4.69, 9.17) is 0 Å². The second kappa shape index (κ2) is 6.94. The van der Waals surface area contributed by atoms with Gasteiger partial charge >= 0.3 is 0 Å². The minimum atomic E-state index is -3.42. The molecule has 0 bridgehead atoms. The summed E-state index contributed by atoms with van der Waals surface area (Å²) in [4.78, 5) is 1.09. The largest absolute Gasteiger partial charge is 0.252 e. The molecular weight excluding hydrogens is 368 g/mol. The number of aromatic nitrogens is 3.